The molecule has 0 amide bonds. The highest BCUT2D eigenvalue weighted by Gasteiger charge is 2.27. The van der Waals surface area contributed by atoms with Crippen LogP contribution in [0.4, 0.5) is 8.78 Å². The number of hydrogen-bond donors (Lipinski definition) is 2. The highest BCUT2D eigenvalue weighted by Crippen LogP contribution is 2.41. The quantitative estimate of drug-likeness (QED) is 0.136. The Hall–Kier alpha value is -6.16. The first-order chi connectivity index (χ1) is 26.2. The summed E-state index contributed by atoms with van der Waals surface area (Å²) in [4.78, 5) is 36.1. The number of carbonyl (C=O) groups is 2. The Morgan fingerprint density at radius 3 is 2.13 bits per heavy atom. The summed E-state index contributed by atoms with van der Waals surface area (Å²) in [7, 11) is 1.42. The van der Waals surface area contributed by atoms with E-state index in [9.17, 15) is 23.5 Å². The molecule has 0 atom stereocenters. The number of aromatic carboxylic acids is 1. The second-order valence-corrected chi connectivity index (χ2v) is 14.2. The maximum Gasteiger partial charge on any atom is 0.339 e. The van der Waals surface area contributed by atoms with Gasteiger partial charge in [0.15, 0.2) is 11.6 Å². The van der Waals surface area contributed by atoms with E-state index in [1.54, 1.807) is 18.3 Å². The molecule has 2 saturated carbocycles. The molecule has 10 heteroatoms. The van der Waals surface area contributed by atoms with Gasteiger partial charge in [0.1, 0.15) is 0 Å². The average molecular weight is 725 g/mol. The molecule has 2 N–H and O–H groups in total. The second kappa shape index (κ2) is 14.7. The number of pyridine rings is 2. The second-order valence-electron chi connectivity index (χ2n) is 14.2. The number of nitrogens with one attached hydrogen (secondary N) is 1. The van der Waals surface area contributed by atoms with Gasteiger partial charge in [-0.25, -0.2) is 18.4 Å². The topological polar surface area (TPSA) is 110 Å². The Kier molecular flexibility index (Phi) is 9.50. The molecule has 272 valence electrons. The van der Waals surface area contributed by atoms with Crippen LogP contribution < -0.4 is 0 Å². The molecule has 54 heavy (non-hydrogen) atoms. The summed E-state index contributed by atoms with van der Waals surface area (Å²) in [5, 5.41) is 11.7. The number of nitrogens with zero attached hydrogens (tertiary/aromatic N) is 3. The molecular weight excluding hydrogens is 687 g/mol. The molecule has 0 radical (unpaired) electrons. The van der Waals surface area contributed by atoms with Crippen molar-refractivity contribution < 1.29 is 28.2 Å². The Labute approximate surface area is 310 Å². The number of H-pyrrole nitrogens is 1. The van der Waals surface area contributed by atoms with Gasteiger partial charge in [-0.05, 0) is 125 Å². The van der Waals surface area contributed by atoms with Gasteiger partial charge < -0.3 is 19.4 Å². The number of methoxy groups -OCH3 is 1. The summed E-state index contributed by atoms with van der Waals surface area (Å²) in [5.41, 5.74) is 8.66. The number of carboxylic acid groups (broad SMARTS) is 1. The third-order valence-corrected chi connectivity index (χ3v) is 10.3. The zero-order chi connectivity index (χ0) is 37.3. The number of fused-ring (bicyclic) bond motifs is 2. The number of ether oxygens (including phenoxy) is 1. The normalized spacial score (nSPS) is 13.8. The van der Waals surface area contributed by atoms with Crippen molar-refractivity contribution in [1.82, 2.24) is 19.5 Å². The van der Waals surface area contributed by atoms with Gasteiger partial charge in [-0.1, -0.05) is 24.3 Å². The molecule has 0 aliphatic heterocycles. The summed E-state index contributed by atoms with van der Waals surface area (Å²) in [6.45, 7) is 0.222. The zero-order valence-electron chi connectivity index (χ0n) is 29.7. The number of aromatic amines is 1. The van der Waals surface area contributed by atoms with E-state index >= 15 is 0 Å². The van der Waals surface area contributed by atoms with E-state index in [2.05, 4.69) is 33.2 Å². The Morgan fingerprint density at radius 1 is 0.815 bits per heavy atom. The molecule has 4 aromatic heterocycles. The van der Waals surface area contributed by atoms with Gasteiger partial charge in [0.05, 0.1) is 36.2 Å². The fourth-order valence-corrected chi connectivity index (χ4v) is 7.00. The fourth-order valence-electron chi connectivity index (χ4n) is 7.00. The van der Waals surface area contributed by atoms with Crippen molar-refractivity contribution in [3.05, 3.63) is 166 Å². The minimum atomic E-state index is -0.964. The third kappa shape index (κ3) is 7.50. The SMILES string of the molecule is COC(=O)c1cc(C2CC2)cnc1Cc1ccc2[nH]ccc2c1.O=C(O)c1cc(C2CC2)cnc1Cc1ccc2c(ccn2Cc2cccc(F)c2F)c1. The van der Waals surface area contributed by atoms with E-state index in [1.165, 1.54) is 26.0 Å². The maximum absolute atomic E-state index is 14.0. The highest BCUT2D eigenvalue weighted by molar-refractivity contribution is 5.91. The smallest absolute Gasteiger partial charge is 0.339 e. The van der Waals surface area contributed by atoms with E-state index < -0.39 is 17.6 Å². The number of benzene rings is 3. The van der Waals surface area contributed by atoms with Crippen molar-refractivity contribution in [2.24, 2.45) is 0 Å². The Balaban J connectivity index is 0.000000160. The molecule has 3 aromatic carbocycles. The van der Waals surface area contributed by atoms with Crippen molar-refractivity contribution in [1.29, 1.82) is 0 Å². The van der Waals surface area contributed by atoms with Crippen molar-refractivity contribution in [2.45, 2.75) is 56.9 Å². The van der Waals surface area contributed by atoms with E-state index in [-0.39, 0.29) is 23.6 Å². The lowest BCUT2D eigenvalue weighted by atomic mass is 10.0. The van der Waals surface area contributed by atoms with Crippen LogP contribution in [0, 0.1) is 11.6 Å². The van der Waals surface area contributed by atoms with Gasteiger partial charge in [-0.3, -0.25) is 9.97 Å². The number of rotatable bonds is 10. The fraction of sp³-hybridized carbons (Fsp3) is 0.227. The van der Waals surface area contributed by atoms with Crippen molar-refractivity contribution in [2.75, 3.05) is 7.11 Å². The van der Waals surface area contributed by atoms with E-state index in [4.69, 9.17) is 4.74 Å². The molecule has 0 spiro atoms. The standard InChI is InChI=1S/C25H20F2N2O2.C19H18N2O2/c26-21-3-1-2-18(24(21)27)14-29-9-8-17-10-15(4-7-23(17)29)11-22-20(25(30)31)12-19(13-28-22)16-5-6-16;1-23-19(22)16-10-15(13-3-4-13)11-21-18(16)9-12-2-5-17-14(8-12)6-7-20-17/h1-4,7-10,12-13,16H,5-6,11,14H2,(H,30,31);2,5-8,10-11,13,20H,3-4,9H2,1H3. The lowest BCUT2D eigenvalue weighted by Gasteiger charge is -2.10. The summed E-state index contributed by atoms with van der Waals surface area (Å²) >= 11 is 0. The predicted octanol–water partition coefficient (Wildman–Crippen LogP) is 9.35. The van der Waals surface area contributed by atoms with Crippen LogP contribution in [0.3, 0.4) is 0 Å². The number of carbonyl (C=O) groups excluding carboxylic acids is 1. The minimum absolute atomic E-state index is 0.222. The lowest BCUT2D eigenvalue weighted by molar-refractivity contribution is 0.0598. The van der Waals surface area contributed by atoms with Gasteiger partial charge in [0.2, 0.25) is 0 Å². The number of halogens is 2. The molecule has 0 saturated heterocycles. The van der Waals surface area contributed by atoms with Gasteiger partial charge in [0.25, 0.3) is 0 Å². The van der Waals surface area contributed by atoms with Gasteiger partial charge in [0, 0.05) is 54.2 Å². The molecule has 2 aliphatic rings. The molecular formula is C44H38F2N4O4. The molecule has 4 heterocycles. The summed E-state index contributed by atoms with van der Waals surface area (Å²) < 4.78 is 34.4. The monoisotopic (exact) mass is 724 g/mol. The third-order valence-electron chi connectivity index (χ3n) is 10.3. The van der Waals surface area contributed by atoms with Crippen LogP contribution in [0.5, 0.6) is 0 Å². The molecule has 0 bridgehead atoms. The summed E-state index contributed by atoms with van der Waals surface area (Å²) in [6, 6.07) is 23.9. The van der Waals surface area contributed by atoms with Crippen LogP contribution >= 0.6 is 0 Å². The number of esters is 1. The first-order valence-corrected chi connectivity index (χ1v) is 18.1. The van der Waals surface area contributed by atoms with Crippen LogP contribution in [-0.4, -0.2) is 43.7 Å². The van der Waals surface area contributed by atoms with E-state index in [1.807, 2.05) is 59.6 Å². The predicted molar refractivity (Wildman–Crippen MR) is 202 cm³/mol. The number of carboxylic acids is 1. The van der Waals surface area contributed by atoms with Gasteiger partial charge in [-0.15, -0.1) is 0 Å². The first-order valence-electron chi connectivity index (χ1n) is 18.1. The minimum Gasteiger partial charge on any atom is -0.478 e. The van der Waals surface area contributed by atoms with Gasteiger partial charge in [-0.2, -0.15) is 0 Å². The van der Waals surface area contributed by atoms with E-state index in [0.29, 0.717) is 35.9 Å². The molecule has 2 fully saturated rings. The van der Waals surface area contributed by atoms with Gasteiger partial charge >= 0.3 is 11.9 Å². The Bertz CT molecular complexity index is 2530. The largest absolute Gasteiger partial charge is 0.478 e. The molecule has 9 rings (SSSR count). The summed E-state index contributed by atoms with van der Waals surface area (Å²) in [6.07, 6.45) is 13.1. The summed E-state index contributed by atoms with van der Waals surface area (Å²) in [5.74, 6) is -1.95. The Morgan fingerprint density at radius 2 is 1.46 bits per heavy atom. The van der Waals surface area contributed by atoms with Crippen molar-refractivity contribution in [3.8, 4) is 0 Å². The average Bonchev–Trinajstić information content (AvgIpc) is 4.12. The van der Waals surface area contributed by atoms with Crippen LogP contribution in [0.25, 0.3) is 21.8 Å². The van der Waals surface area contributed by atoms with Crippen molar-refractivity contribution in [3.63, 3.8) is 0 Å². The molecule has 7 aromatic rings. The number of aromatic nitrogens is 4. The molecule has 2 aliphatic carbocycles. The van der Waals surface area contributed by atoms with Crippen LogP contribution in [0.1, 0.15) is 97.4 Å². The first kappa shape index (κ1) is 34.9. The molecule has 8 nitrogen and oxygen atoms in total. The van der Waals surface area contributed by atoms with Crippen LogP contribution in [-0.2, 0) is 24.1 Å². The highest BCUT2D eigenvalue weighted by atomic mass is 19.2. The van der Waals surface area contributed by atoms with E-state index in [0.717, 1.165) is 68.7 Å². The van der Waals surface area contributed by atoms with Crippen LogP contribution in [0.15, 0.2) is 104 Å². The number of hydrogen-bond acceptors (Lipinski definition) is 5. The molecule has 0 unspecified atom stereocenters. The zero-order valence-corrected chi connectivity index (χ0v) is 29.7. The van der Waals surface area contributed by atoms with Crippen LogP contribution in [0.2, 0.25) is 0 Å². The lowest BCUT2D eigenvalue weighted by Crippen LogP contribution is -2.09. The maximum atomic E-state index is 14.0. The van der Waals surface area contributed by atoms with Crippen molar-refractivity contribution >= 4 is 33.7 Å².